The Morgan fingerprint density at radius 2 is 1.58 bits per heavy atom. The Bertz CT molecular complexity index is 103. The maximum absolute atomic E-state index is 10.7. The van der Waals surface area contributed by atoms with Gasteiger partial charge in [-0.15, -0.1) is 0 Å². The van der Waals surface area contributed by atoms with Gasteiger partial charge in [0.2, 0.25) is 0 Å². The first-order valence-electron chi connectivity index (χ1n) is 3.05. The molecule has 0 aromatic heterocycles. The van der Waals surface area contributed by atoms with Gasteiger partial charge >= 0.3 is 0 Å². The summed E-state index contributed by atoms with van der Waals surface area (Å²) in [6.45, 7) is 5.78. The summed E-state index contributed by atoms with van der Waals surface area (Å²) in [6.07, 6.45) is 0. The van der Waals surface area contributed by atoms with Gasteiger partial charge in [-0.1, -0.05) is 35.6 Å². The molecule has 0 heterocycles. The van der Waals surface area contributed by atoms with Gasteiger partial charge in [0.05, 0.1) is 5.92 Å². The molecule has 0 aromatic rings. The molecule has 0 rings (SSSR count). The molecule has 0 fully saturated rings. The zero-order valence-electron chi connectivity index (χ0n) is 6.89. The predicted octanol–water partition coefficient (Wildman–Crippen LogP) is 2.89. The van der Waals surface area contributed by atoms with Crippen molar-refractivity contribution in [3.05, 3.63) is 7.11 Å². The van der Waals surface area contributed by atoms with E-state index in [0.29, 0.717) is 5.92 Å². The van der Waals surface area contributed by atoms with E-state index in [0.717, 1.165) is 0 Å². The summed E-state index contributed by atoms with van der Waals surface area (Å²) in [5.41, 5.74) is 0. The minimum Gasteiger partial charge on any atom is -0.640 e. The van der Waals surface area contributed by atoms with Crippen LogP contribution in [0.5, 0.6) is 0 Å². The number of ether oxygens (including phenoxy) is 1. The zero-order valence-corrected chi connectivity index (χ0v) is 13.3. The second-order valence-electron chi connectivity index (χ2n) is 2.50. The third kappa shape index (κ3) is 6.59. The van der Waals surface area contributed by atoms with E-state index in [1.807, 2.05) is 20.8 Å². The monoisotopic (exact) mass is 428 g/mol. The van der Waals surface area contributed by atoms with Crippen molar-refractivity contribution < 1.29 is 9.53 Å². The Kier molecular flexibility index (Phi) is 17.7. The van der Waals surface area contributed by atoms with Crippen molar-refractivity contribution in [1.29, 1.82) is 0 Å². The molecule has 0 bridgehead atoms. The van der Waals surface area contributed by atoms with Crippen molar-refractivity contribution in [2.75, 3.05) is 0 Å². The molecule has 0 aliphatic carbocycles. The number of carbonyl (C=O) groups is 1. The number of hydrogen-bond acceptors (Lipinski definition) is 2. The van der Waals surface area contributed by atoms with E-state index in [1.54, 1.807) is 0 Å². The first-order chi connectivity index (χ1) is 4.09. The van der Waals surface area contributed by atoms with Crippen LogP contribution in [0.25, 0.3) is 0 Å². The summed E-state index contributed by atoms with van der Waals surface area (Å²) in [7, 11) is 3.04. The molecule has 0 aromatic carbocycles. The maximum atomic E-state index is 10.7. The van der Waals surface area contributed by atoms with Crippen LogP contribution in [0.4, 0.5) is 0 Å². The third-order valence-electron chi connectivity index (χ3n) is 1.51. The van der Waals surface area contributed by atoms with Crippen LogP contribution in [0.1, 0.15) is 35.6 Å². The minimum absolute atomic E-state index is 0. The van der Waals surface area contributed by atoms with Crippen LogP contribution in [0.2, 0.25) is 0 Å². The zero-order chi connectivity index (χ0) is 7.44. The average Bonchev–Trinajstić information content (AvgIpc) is 1.84. The fourth-order valence-electron chi connectivity index (χ4n) is 0.404. The molecular weight excluding hydrogens is 407 g/mol. The van der Waals surface area contributed by atoms with Gasteiger partial charge in [-0.2, -0.15) is 7.11 Å². The van der Waals surface area contributed by atoms with Crippen LogP contribution >= 0.6 is 0 Å². The van der Waals surface area contributed by atoms with E-state index in [1.165, 1.54) is 0 Å². The maximum Gasteiger partial charge on any atom is 0.277 e. The van der Waals surface area contributed by atoms with Gasteiger partial charge in [-0.25, -0.2) is 0 Å². The molecule has 1 unspecified atom stereocenters. The van der Waals surface area contributed by atoms with Crippen molar-refractivity contribution in [2.45, 2.75) is 35.6 Å². The summed E-state index contributed by atoms with van der Waals surface area (Å²) >= 11 is 0. The summed E-state index contributed by atoms with van der Waals surface area (Å²) in [5.74, 6) is 0.0618. The normalized spacial score (nSPS) is 10.1. The number of hydrogen-bond donors (Lipinski definition) is 0. The Morgan fingerprint density at radius 1 is 1.25 bits per heavy atom. The van der Waals surface area contributed by atoms with Gasteiger partial charge in [0.25, 0.3) is 5.97 Å². The van der Waals surface area contributed by atoms with Crippen molar-refractivity contribution in [3.8, 4) is 0 Å². The van der Waals surface area contributed by atoms with E-state index in [-0.39, 0.29) is 26.7 Å². The summed E-state index contributed by atoms with van der Waals surface area (Å²) in [6, 6.07) is 0. The second-order valence-corrected chi connectivity index (χ2v) is 2.50. The van der Waals surface area contributed by atoms with E-state index in [9.17, 15) is 4.79 Å². The Hall–Kier alpha value is -1.53. The topological polar surface area (TPSA) is 26.3 Å². The van der Waals surface area contributed by atoms with Gasteiger partial charge in [-0.3, -0.25) is 4.79 Å². The van der Waals surface area contributed by atoms with Gasteiger partial charge in [0.1, 0.15) is 0 Å². The molecular formula is C9H21O2Rf-. The van der Waals surface area contributed by atoms with Crippen molar-refractivity contribution in [3.63, 3.8) is 0 Å². The molecule has 12 heavy (non-hydrogen) atoms. The summed E-state index contributed by atoms with van der Waals surface area (Å²) in [5, 5.41) is 0. The second kappa shape index (κ2) is 9.47. The quantitative estimate of drug-likeness (QED) is 0.500. The minimum atomic E-state index is -0.231. The van der Waals surface area contributed by atoms with Crippen LogP contribution in [0, 0.1) is 18.9 Å². The Balaban J connectivity index is -0.000000107. The third-order valence-corrected chi connectivity index (χ3v) is 1.51. The first kappa shape index (κ1) is 22.4. The number of esters is 1. The molecule has 0 saturated heterocycles. The van der Waals surface area contributed by atoms with Crippen molar-refractivity contribution in [1.82, 2.24) is 0 Å². The molecule has 0 aliphatic heterocycles. The molecule has 0 aliphatic rings. The first-order valence-corrected chi connectivity index (χ1v) is 3.05. The number of rotatable bonds is 2. The molecule has 0 saturated carbocycles. The van der Waals surface area contributed by atoms with E-state index < -0.39 is 0 Å². The van der Waals surface area contributed by atoms with Gasteiger partial charge in [0, 0.05) is 0 Å². The molecule has 2 nitrogen and oxygen atoms in total. The van der Waals surface area contributed by atoms with E-state index in [4.69, 9.17) is 0 Å². The molecule has 0 radical (unpaired) electrons. The fraction of sp³-hybridized carbons (Fsp3) is 0.778. The predicted molar refractivity (Wildman–Crippen MR) is 48.9 cm³/mol. The molecule has 72 valence electrons. The van der Waals surface area contributed by atoms with E-state index >= 15 is 0 Å². The van der Waals surface area contributed by atoms with Crippen LogP contribution in [-0.4, -0.2) is 5.97 Å². The summed E-state index contributed by atoms with van der Waals surface area (Å²) < 4.78 is 4.28. The van der Waals surface area contributed by atoms with Crippen molar-refractivity contribution >= 4 is 5.97 Å². The van der Waals surface area contributed by atoms with Crippen LogP contribution in [-0.2, 0) is 9.53 Å². The molecule has 0 amide bonds. The molecule has 1 atom stereocenters. The SMILES string of the molecule is C.C.[CH2-]OC(=O)C(C)C(C)C.[Rf]. The van der Waals surface area contributed by atoms with Crippen LogP contribution in [0.15, 0.2) is 0 Å². The number of carbonyl (C=O) groups excluding carboxylic acids is 1. The van der Waals surface area contributed by atoms with Crippen LogP contribution < -0.4 is 0 Å². The Labute approximate surface area is 70.9 Å². The van der Waals surface area contributed by atoms with Gasteiger partial charge in [-0.05, 0) is 5.92 Å². The largest absolute Gasteiger partial charge is 0.640 e. The standard InChI is InChI=1S/C7H13O2.2CH4.Rf/c1-5(2)6(3)7(8)9-4;;;/h5-6H,4H2,1-3H3;2*1H4;/q-1;;;. The average molecular weight is 428 g/mol. The molecule has 3 heteroatoms. The van der Waals surface area contributed by atoms with Gasteiger partial charge < -0.3 is 4.74 Å². The smallest absolute Gasteiger partial charge is 0.277 e. The molecule has 0 spiro atoms. The van der Waals surface area contributed by atoms with E-state index in [2.05, 4.69) is 11.8 Å². The summed E-state index contributed by atoms with van der Waals surface area (Å²) in [4.78, 5) is 10.7. The fourth-order valence-corrected chi connectivity index (χ4v) is 0.404. The molecule has 0 N–H and O–H groups in total. The van der Waals surface area contributed by atoms with Crippen LogP contribution in [0.3, 0.4) is 0 Å². The Morgan fingerprint density at radius 3 is 1.67 bits per heavy atom. The van der Waals surface area contributed by atoms with Gasteiger partial charge in [0.15, 0.2) is 0 Å². The van der Waals surface area contributed by atoms with Crippen molar-refractivity contribution in [2.24, 2.45) is 11.8 Å².